The first kappa shape index (κ1) is 16.3. The molecule has 1 N–H and O–H groups in total. The van der Waals surface area contributed by atoms with Crippen molar-refractivity contribution in [3.05, 3.63) is 59.9 Å². The van der Waals surface area contributed by atoms with Crippen LogP contribution >= 0.6 is 0 Å². The van der Waals surface area contributed by atoms with E-state index in [1.807, 2.05) is 60.3 Å². The molecule has 24 heavy (non-hydrogen) atoms. The molecule has 1 atom stereocenters. The summed E-state index contributed by atoms with van der Waals surface area (Å²) < 4.78 is 2.02. The Hall–Kier alpha value is -2.56. The Kier molecular flexibility index (Phi) is 4.99. The Morgan fingerprint density at radius 2 is 1.92 bits per heavy atom. The molecule has 2 amide bonds. The van der Waals surface area contributed by atoms with E-state index in [0.29, 0.717) is 26.1 Å². The lowest BCUT2D eigenvalue weighted by Gasteiger charge is -2.17. The summed E-state index contributed by atoms with van der Waals surface area (Å²) in [6.07, 6.45) is 4.24. The molecule has 5 nitrogen and oxygen atoms in total. The van der Waals surface area contributed by atoms with Crippen molar-refractivity contribution >= 4 is 11.8 Å². The number of carbonyl (C=O) groups is 2. The van der Waals surface area contributed by atoms with Crippen molar-refractivity contribution in [3.8, 4) is 0 Å². The number of rotatable bonds is 6. The van der Waals surface area contributed by atoms with Gasteiger partial charge in [0.25, 0.3) is 0 Å². The summed E-state index contributed by atoms with van der Waals surface area (Å²) in [7, 11) is 0. The minimum absolute atomic E-state index is 0.0260. The summed E-state index contributed by atoms with van der Waals surface area (Å²) in [5.74, 6) is -0.212. The van der Waals surface area contributed by atoms with Gasteiger partial charge in [-0.2, -0.15) is 0 Å². The highest BCUT2D eigenvalue weighted by Crippen LogP contribution is 2.20. The zero-order valence-electron chi connectivity index (χ0n) is 13.9. The third-order valence-electron chi connectivity index (χ3n) is 4.41. The maximum atomic E-state index is 12.3. The van der Waals surface area contributed by atoms with Gasteiger partial charge in [-0.15, -0.1) is 0 Å². The van der Waals surface area contributed by atoms with Crippen LogP contribution in [0.5, 0.6) is 0 Å². The predicted octanol–water partition coefficient (Wildman–Crippen LogP) is 1.96. The summed E-state index contributed by atoms with van der Waals surface area (Å²) in [5, 5.41) is 2.94. The second-order valence-electron chi connectivity index (χ2n) is 6.37. The molecule has 0 spiro atoms. The monoisotopic (exact) mass is 325 g/mol. The molecular formula is C19H23N3O2. The van der Waals surface area contributed by atoms with Crippen LogP contribution in [0.1, 0.15) is 17.5 Å². The topological polar surface area (TPSA) is 54.3 Å². The number of carbonyl (C=O) groups excluding carboxylic acids is 2. The molecule has 1 fully saturated rings. The van der Waals surface area contributed by atoms with E-state index >= 15 is 0 Å². The van der Waals surface area contributed by atoms with E-state index in [4.69, 9.17) is 0 Å². The quantitative estimate of drug-likeness (QED) is 0.883. The standard InChI is InChI=1S/C19H23N3O2/c1-15-4-6-16(7-5-15)13-22-14-17(12-18(22)23)19(24)20-8-11-21-9-2-3-10-21/h2-7,9-10,17H,8,11-14H2,1H3,(H,20,24)/t17-/m0/s1. The van der Waals surface area contributed by atoms with Gasteiger partial charge in [0.2, 0.25) is 11.8 Å². The first-order chi connectivity index (χ1) is 11.6. The van der Waals surface area contributed by atoms with Gasteiger partial charge in [-0.3, -0.25) is 9.59 Å². The second-order valence-corrected chi connectivity index (χ2v) is 6.37. The smallest absolute Gasteiger partial charge is 0.225 e. The lowest BCUT2D eigenvalue weighted by Crippen LogP contribution is -2.34. The van der Waals surface area contributed by atoms with Crippen molar-refractivity contribution in [2.45, 2.75) is 26.4 Å². The summed E-state index contributed by atoms with van der Waals surface area (Å²) in [4.78, 5) is 26.2. The van der Waals surface area contributed by atoms with Crippen molar-refractivity contribution in [1.82, 2.24) is 14.8 Å². The van der Waals surface area contributed by atoms with Crippen molar-refractivity contribution in [3.63, 3.8) is 0 Å². The van der Waals surface area contributed by atoms with Crippen LogP contribution in [-0.4, -0.2) is 34.4 Å². The van der Waals surface area contributed by atoms with E-state index in [1.54, 1.807) is 4.90 Å². The number of benzene rings is 1. The number of amides is 2. The highest BCUT2D eigenvalue weighted by molar-refractivity contribution is 5.89. The number of likely N-dealkylation sites (tertiary alicyclic amines) is 1. The molecule has 0 bridgehead atoms. The third-order valence-corrected chi connectivity index (χ3v) is 4.41. The molecule has 5 heteroatoms. The fourth-order valence-electron chi connectivity index (χ4n) is 2.99. The molecule has 1 aliphatic rings. The Balaban J connectivity index is 1.48. The van der Waals surface area contributed by atoms with Crippen LogP contribution < -0.4 is 5.32 Å². The number of hydrogen-bond donors (Lipinski definition) is 1. The van der Waals surface area contributed by atoms with Crippen molar-refractivity contribution in [2.75, 3.05) is 13.1 Å². The maximum Gasteiger partial charge on any atom is 0.225 e. The molecular weight excluding hydrogens is 302 g/mol. The van der Waals surface area contributed by atoms with Crippen LogP contribution in [0.2, 0.25) is 0 Å². The van der Waals surface area contributed by atoms with Crippen molar-refractivity contribution in [2.24, 2.45) is 5.92 Å². The maximum absolute atomic E-state index is 12.3. The summed E-state index contributed by atoms with van der Waals surface area (Å²) in [6.45, 7) is 4.44. The summed E-state index contributed by atoms with van der Waals surface area (Å²) in [5.41, 5.74) is 2.30. The van der Waals surface area contributed by atoms with Gasteiger partial charge < -0.3 is 14.8 Å². The number of hydrogen-bond acceptors (Lipinski definition) is 2. The first-order valence-corrected chi connectivity index (χ1v) is 8.33. The van der Waals surface area contributed by atoms with E-state index in [0.717, 1.165) is 12.1 Å². The molecule has 0 aliphatic carbocycles. The SMILES string of the molecule is Cc1ccc(CN2C[C@@H](C(=O)NCCn3cccc3)CC2=O)cc1. The van der Waals surface area contributed by atoms with Gasteiger partial charge in [0, 0.05) is 45.0 Å². The normalized spacial score (nSPS) is 17.3. The molecule has 1 aromatic carbocycles. The highest BCUT2D eigenvalue weighted by Gasteiger charge is 2.33. The molecule has 0 unspecified atom stereocenters. The second kappa shape index (κ2) is 7.34. The molecule has 1 aliphatic heterocycles. The van der Waals surface area contributed by atoms with Gasteiger partial charge in [-0.1, -0.05) is 29.8 Å². The van der Waals surface area contributed by atoms with E-state index in [-0.39, 0.29) is 17.7 Å². The molecule has 3 rings (SSSR count). The zero-order chi connectivity index (χ0) is 16.9. The highest BCUT2D eigenvalue weighted by atomic mass is 16.2. The predicted molar refractivity (Wildman–Crippen MR) is 92.1 cm³/mol. The molecule has 1 aromatic heterocycles. The Morgan fingerprint density at radius 1 is 1.21 bits per heavy atom. The van der Waals surface area contributed by atoms with Crippen LogP contribution in [0.4, 0.5) is 0 Å². The van der Waals surface area contributed by atoms with Crippen LogP contribution in [0, 0.1) is 12.8 Å². The molecule has 0 saturated carbocycles. The minimum Gasteiger partial charge on any atom is -0.354 e. The van der Waals surface area contributed by atoms with E-state index < -0.39 is 0 Å². The molecule has 126 valence electrons. The summed E-state index contributed by atoms with van der Waals surface area (Å²) >= 11 is 0. The summed E-state index contributed by atoms with van der Waals surface area (Å²) in [6, 6.07) is 12.1. The Labute approximate surface area is 142 Å². The van der Waals surface area contributed by atoms with Crippen LogP contribution in [0.15, 0.2) is 48.8 Å². The van der Waals surface area contributed by atoms with Crippen LogP contribution in [-0.2, 0) is 22.7 Å². The van der Waals surface area contributed by atoms with Gasteiger partial charge in [0.1, 0.15) is 0 Å². The largest absolute Gasteiger partial charge is 0.354 e. The van der Waals surface area contributed by atoms with Gasteiger partial charge in [0.05, 0.1) is 5.92 Å². The molecule has 1 saturated heterocycles. The number of aromatic nitrogens is 1. The fourth-order valence-corrected chi connectivity index (χ4v) is 2.99. The van der Waals surface area contributed by atoms with E-state index in [9.17, 15) is 9.59 Å². The fraction of sp³-hybridized carbons (Fsp3) is 0.368. The van der Waals surface area contributed by atoms with Crippen LogP contribution in [0.25, 0.3) is 0 Å². The van der Waals surface area contributed by atoms with E-state index in [1.165, 1.54) is 5.56 Å². The number of nitrogens with zero attached hydrogens (tertiary/aromatic N) is 2. The average molecular weight is 325 g/mol. The number of nitrogens with one attached hydrogen (secondary N) is 1. The Morgan fingerprint density at radius 3 is 2.62 bits per heavy atom. The minimum atomic E-state index is -0.243. The van der Waals surface area contributed by atoms with Gasteiger partial charge in [-0.25, -0.2) is 0 Å². The molecule has 2 aromatic rings. The van der Waals surface area contributed by atoms with Gasteiger partial charge in [0.15, 0.2) is 0 Å². The Bertz CT molecular complexity index is 692. The molecule has 0 radical (unpaired) electrons. The van der Waals surface area contributed by atoms with Crippen molar-refractivity contribution in [1.29, 1.82) is 0 Å². The van der Waals surface area contributed by atoms with E-state index in [2.05, 4.69) is 5.32 Å². The lowest BCUT2D eigenvalue weighted by molar-refractivity contribution is -0.129. The van der Waals surface area contributed by atoms with Gasteiger partial charge in [-0.05, 0) is 24.6 Å². The zero-order valence-corrected chi connectivity index (χ0v) is 13.9. The molecule has 2 heterocycles. The van der Waals surface area contributed by atoms with Gasteiger partial charge >= 0.3 is 0 Å². The third kappa shape index (κ3) is 4.04. The van der Waals surface area contributed by atoms with Crippen molar-refractivity contribution < 1.29 is 9.59 Å². The lowest BCUT2D eigenvalue weighted by atomic mass is 10.1. The van der Waals surface area contributed by atoms with Crippen LogP contribution in [0.3, 0.4) is 0 Å². The first-order valence-electron chi connectivity index (χ1n) is 8.33. The average Bonchev–Trinajstić information content (AvgIpc) is 3.20. The number of aryl methyl sites for hydroxylation is 1.